The zero-order valence-corrected chi connectivity index (χ0v) is 10.1. The van der Waals surface area contributed by atoms with E-state index >= 15 is 0 Å². The molecule has 0 saturated heterocycles. The van der Waals surface area contributed by atoms with Crippen molar-refractivity contribution in [2.75, 3.05) is 0 Å². The van der Waals surface area contributed by atoms with Crippen molar-refractivity contribution in [3.63, 3.8) is 0 Å². The number of carbonyl (C=O) groups excluding carboxylic acids is 4. The van der Waals surface area contributed by atoms with Crippen LogP contribution >= 0.6 is 0 Å². The summed E-state index contributed by atoms with van der Waals surface area (Å²) in [5, 5.41) is 0. The lowest BCUT2D eigenvalue weighted by atomic mass is 10.0. The van der Waals surface area contributed by atoms with Crippen LogP contribution in [0.3, 0.4) is 0 Å². The Hall–Kier alpha value is -3.02. The average Bonchev–Trinajstić information content (AvgIpc) is 2.53. The Balaban J connectivity index is 2.66. The number of hydrogen-bond acceptors (Lipinski definition) is 6. The summed E-state index contributed by atoms with van der Waals surface area (Å²) in [4.78, 5) is 50.8. The second kappa shape index (κ2) is 5.75. The van der Waals surface area contributed by atoms with E-state index in [0.717, 1.165) is 0 Å². The van der Waals surface area contributed by atoms with E-state index in [4.69, 9.17) is 0 Å². The largest absolute Gasteiger partial charge is 0.296 e. The molecule has 0 aliphatic heterocycles. The van der Waals surface area contributed by atoms with Crippen molar-refractivity contribution in [1.82, 2.24) is 9.97 Å². The van der Waals surface area contributed by atoms with E-state index in [1.54, 1.807) is 0 Å². The molecule has 0 atom stereocenters. The summed E-state index contributed by atoms with van der Waals surface area (Å²) in [5.41, 5.74) is 1.34. The summed E-state index contributed by atoms with van der Waals surface area (Å²) in [5.74, 6) is 0. The minimum absolute atomic E-state index is 0.0849. The zero-order chi connectivity index (χ0) is 14.5. The summed E-state index contributed by atoms with van der Waals surface area (Å²) in [6.07, 6.45) is 2.05. The molecule has 2 rings (SSSR count). The van der Waals surface area contributed by atoms with Crippen LogP contribution in [0.15, 0.2) is 24.3 Å². The predicted octanol–water partition coefficient (Wildman–Crippen LogP) is 1.39. The van der Waals surface area contributed by atoms with Gasteiger partial charge in [-0.3, -0.25) is 19.2 Å². The van der Waals surface area contributed by atoms with Gasteiger partial charge in [-0.25, -0.2) is 9.97 Å². The molecule has 0 aliphatic rings. The normalized spacial score (nSPS) is 9.80. The van der Waals surface area contributed by atoms with Gasteiger partial charge in [0.1, 0.15) is 22.8 Å². The fourth-order valence-corrected chi connectivity index (χ4v) is 1.72. The maximum Gasteiger partial charge on any atom is 0.168 e. The highest BCUT2D eigenvalue weighted by Gasteiger charge is 2.08. The Labute approximate surface area is 113 Å². The molecule has 20 heavy (non-hydrogen) atoms. The highest BCUT2D eigenvalue weighted by molar-refractivity contribution is 5.85. The summed E-state index contributed by atoms with van der Waals surface area (Å²) < 4.78 is 0. The number of hydrogen-bond donors (Lipinski definition) is 0. The molecule has 0 aromatic carbocycles. The summed E-state index contributed by atoms with van der Waals surface area (Å²) in [7, 11) is 0. The van der Waals surface area contributed by atoms with Gasteiger partial charge >= 0.3 is 0 Å². The van der Waals surface area contributed by atoms with Gasteiger partial charge in [0.05, 0.1) is 0 Å². The molecular formula is C14H8N2O4. The lowest BCUT2D eigenvalue weighted by molar-refractivity contribution is 0.110. The highest BCUT2D eigenvalue weighted by atomic mass is 16.1. The van der Waals surface area contributed by atoms with Crippen molar-refractivity contribution in [2.45, 2.75) is 0 Å². The lowest BCUT2D eigenvalue weighted by Gasteiger charge is -2.05. The topological polar surface area (TPSA) is 94.1 Å². The van der Waals surface area contributed by atoms with Gasteiger partial charge in [0.2, 0.25) is 0 Å². The molecule has 0 spiro atoms. The molecular weight excluding hydrogens is 260 g/mol. The molecule has 0 saturated carbocycles. The Morgan fingerprint density at radius 3 is 1.00 bits per heavy atom. The van der Waals surface area contributed by atoms with Crippen molar-refractivity contribution in [2.24, 2.45) is 0 Å². The maximum absolute atomic E-state index is 10.8. The molecule has 0 aliphatic carbocycles. The quantitative estimate of drug-likeness (QED) is 0.760. The molecule has 0 bridgehead atoms. The highest BCUT2D eigenvalue weighted by Crippen LogP contribution is 2.21. The average molecular weight is 268 g/mol. The first kappa shape index (κ1) is 13.4. The van der Waals surface area contributed by atoms with Gasteiger partial charge in [-0.05, 0) is 35.4 Å². The van der Waals surface area contributed by atoms with E-state index in [9.17, 15) is 19.2 Å². The molecule has 2 aromatic rings. The third-order valence-corrected chi connectivity index (χ3v) is 2.55. The van der Waals surface area contributed by atoms with Gasteiger partial charge in [0.15, 0.2) is 25.1 Å². The fourth-order valence-electron chi connectivity index (χ4n) is 1.72. The lowest BCUT2D eigenvalue weighted by Crippen LogP contribution is -1.98. The van der Waals surface area contributed by atoms with Gasteiger partial charge < -0.3 is 0 Å². The second-order valence-electron chi connectivity index (χ2n) is 3.88. The molecule has 6 heteroatoms. The minimum atomic E-state index is 0.0849. The fraction of sp³-hybridized carbons (Fsp3) is 0. The van der Waals surface area contributed by atoms with Gasteiger partial charge in [-0.1, -0.05) is 0 Å². The second-order valence-corrected chi connectivity index (χ2v) is 3.88. The van der Waals surface area contributed by atoms with Crippen LogP contribution < -0.4 is 0 Å². The van der Waals surface area contributed by atoms with Crippen molar-refractivity contribution in [3.05, 3.63) is 47.0 Å². The molecule has 0 fully saturated rings. The van der Waals surface area contributed by atoms with Crippen molar-refractivity contribution < 1.29 is 19.2 Å². The maximum atomic E-state index is 10.8. The van der Waals surface area contributed by atoms with Gasteiger partial charge in [0, 0.05) is 0 Å². The van der Waals surface area contributed by atoms with E-state index in [1.807, 2.05) is 0 Å². The van der Waals surface area contributed by atoms with Crippen molar-refractivity contribution in [3.8, 4) is 11.1 Å². The van der Waals surface area contributed by atoms with Crippen LogP contribution in [0.4, 0.5) is 0 Å². The number of nitrogens with zero attached hydrogens (tertiary/aromatic N) is 2. The minimum Gasteiger partial charge on any atom is -0.296 e. The Bertz CT molecular complexity index is 596. The zero-order valence-electron chi connectivity index (χ0n) is 10.1. The molecule has 0 amide bonds. The van der Waals surface area contributed by atoms with Crippen LogP contribution in [0, 0.1) is 0 Å². The van der Waals surface area contributed by atoms with Gasteiger partial charge in [-0.15, -0.1) is 0 Å². The summed E-state index contributed by atoms with van der Waals surface area (Å²) >= 11 is 0. The first-order valence-electron chi connectivity index (χ1n) is 5.55. The van der Waals surface area contributed by atoms with E-state index in [2.05, 4.69) is 9.97 Å². The van der Waals surface area contributed by atoms with Crippen LogP contribution in [0.25, 0.3) is 11.1 Å². The smallest absolute Gasteiger partial charge is 0.168 e. The molecule has 2 aromatic heterocycles. The predicted molar refractivity (Wildman–Crippen MR) is 69.0 cm³/mol. The number of aldehydes is 4. The van der Waals surface area contributed by atoms with E-state index in [-0.39, 0.29) is 22.8 Å². The SMILES string of the molecule is O=Cc1cc(-c2cc(C=O)nc(C=O)c2)cc(C=O)n1. The number of rotatable bonds is 5. The molecule has 98 valence electrons. The van der Waals surface area contributed by atoms with E-state index in [1.165, 1.54) is 24.3 Å². The number of pyridine rings is 2. The van der Waals surface area contributed by atoms with Crippen molar-refractivity contribution in [1.29, 1.82) is 0 Å². The van der Waals surface area contributed by atoms with Crippen LogP contribution in [0.5, 0.6) is 0 Å². The Kier molecular flexibility index (Phi) is 3.85. The molecule has 0 radical (unpaired) electrons. The Morgan fingerprint density at radius 1 is 0.550 bits per heavy atom. The third-order valence-electron chi connectivity index (χ3n) is 2.55. The number of carbonyl (C=O) groups is 4. The molecule has 0 N–H and O–H groups in total. The Morgan fingerprint density at radius 2 is 0.800 bits per heavy atom. The van der Waals surface area contributed by atoms with Gasteiger partial charge in [0.25, 0.3) is 0 Å². The van der Waals surface area contributed by atoms with E-state index < -0.39 is 0 Å². The standard InChI is InChI=1S/C14H8N2O4/c17-5-11-1-9(2-12(6-18)15-11)10-3-13(7-19)16-14(4-10)8-20/h1-8H. The molecule has 2 heterocycles. The van der Waals surface area contributed by atoms with E-state index in [0.29, 0.717) is 36.3 Å². The van der Waals surface area contributed by atoms with Crippen molar-refractivity contribution >= 4 is 25.1 Å². The first-order chi connectivity index (χ1) is 9.69. The van der Waals surface area contributed by atoms with Crippen LogP contribution in [0.2, 0.25) is 0 Å². The van der Waals surface area contributed by atoms with Crippen LogP contribution in [-0.4, -0.2) is 35.1 Å². The molecule has 0 unspecified atom stereocenters. The van der Waals surface area contributed by atoms with Crippen LogP contribution in [0.1, 0.15) is 42.0 Å². The molecule has 6 nitrogen and oxygen atoms in total. The summed E-state index contributed by atoms with van der Waals surface area (Å²) in [6.45, 7) is 0. The monoisotopic (exact) mass is 268 g/mol. The van der Waals surface area contributed by atoms with Crippen LogP contribution in [-0.2, 0) is 0 Å². The van der Waals surface area contributed by atoms with Gasteiger partial charge in [-0.2, -0.15) is 0 Å². The third kappa shape index (κ3) is 2.69. The summed E-state index contributed by atoms with van der Waals surface area (Å²) in [6, 6.07) is 5.83. The number of aromatic nitrogens is 2. The first-order valence-corrected chi connectivity index (χ1v) is 5.55.